The maximum absolute atomic E-state index is 12.1. The van der Waals surface area contributed by atoms with Gasteiger partial charge in [0.25, 0.3) is 0 Å². The largest absolute Gasteiger partial charge is 0.444 e. The zero-order valence-corrected chi connectivity index (χ0v) is 15.4. The van der Waals surface area contributed by atoms with Gasteiger partial charge < -0.3 is 9.64 Å². The summed E-state index contributed by atoms with van der Waals surface area (Å²) in [5.41, 5.74) is 2.70. The highest BCUT2D eigenvalue weighted by atomic mass is 16.6. The fraction of sp³-hybridized carbons (Fsp3) is 0.526. The van der Waals surface area contributed by atoms with E-state index in [-0.39, 0.29) is 6.09 Å². The van der Waals surface area contributed by atoms with Gasteiger partial charge in [0.05, 0.1) is 12.2 Å². The molecule has 134 valence electrons. The summed E-state index contributed by atoms with van der Waals surface area (Å²) in [6.45, 7) is 9.04. The monoisotopic (exact) mass is 342 g/mol. The summed E-state index contributed by atoms with van der Waals surface area (Å²) in [7, 11) is 0. The molecule has 1 aliphatic rings. The lowest BCUT2D eigenvalue weighted by molar-refractivity contribution is 0.0185. The lowest BCUT2D eigenvalue weighted by Crippen LogP contribution is -2.42. The van der Waals surface area contributed by atoms with Crippen LogP contribution in [0.1, 0.15) is 45.3 Å². The number of piperidine rings is 1. The number of likely N-dealkylation sites (tertiary alicyclic amines) is 1. The highest BCUT2D eigenvalue weighted by Crippen LogP contribution is 2.26. The van der Waals surface area contributed by atoms with Crippen LogP contribution in [0.3, 0.4) is 0 Å². The van der Waals surface area contributed by atoms with Crippen molar-refractivity contribution >= 4 is 6.09 Å². The van der Waals surface area contributed by atoms with Crippen molar-refractivity contribution in [2.24, 2.45) is 0 Å². The van der Waals surface area contributed by atoms with E-state index in [9.17, 15) is 4.79 Å². The van der Waals surface area contributed by atoms with Crippen molar-refractivity contribution in [3.63, 3.8) is 0 Å². The Balaban J connectivity index is 1.60. The number of aromatic nitrogens is 3. The second kappa shape index (κ2) is 6.86. The van der Waals surface area contributed by atoms with E-state index in [1.807, 2.05) is 50.8 Å². The minimum Gasteiger partial charge on any atom is -0.444 e. The fourth-order valence-corrected chi connectivity index (χ4v) is 2.96. The van der Waals surface area contributed by atoms with Crippen molar-refractivity contribution in [1.82, 2.24) is 19.7 Å². The van der Waals surface area contributed by atoms with Gasteiger partial charge in [0.2, 0.25) is 0 Å². The molecule has 2 aromatic heterocycles. The second-order valence-corrected chi connectivity index (χ2v) is 7.60. The number of aryl methyl sites for hydroxylation is 1. The van der Waals surface area contributed by atoms with E-state index < -0.39 is 5.60 Å². The highest BCUT2D eigenvalue weighted by Gasteiger charge is 2.27. The number of carbonyl (C=O) groups excluding carboxylic acids is 1. The number of carbonyl (C=O) groups is 1. The Kier molecular flexibility index (Phi) is 4.79. The summed E-state index contributed by atoms with van der Waals surface area (Å²) in [6, 6.07) is 4.38. The Morgan fingerprint density at radius 3 is 2.48 bits per heavy atom. The summed E-state index contributed by atoms with van der Waals surface area (Å²) in [4.78, 5) is 18.3. The number of rotatable bonds is 2. The molecule has 3 rings (SSSR count). The molecule has 0 aliphatic carbocycles. The topological polar surface area (TPSA) is 60.2 Å². The number of ether oxygens (including phenoxy) is 1. The Labute approximate surface area is 148 Å². The predicted molar refractivity (Wildman–Crippen MR) is 96.3 cm³/mol. The van der Waals surface area contributed by atoms with Gasteiger partial charge in [0.1, 0.15) is 5.60 Å². The molecule has 0 spiro atoms. The standard InChI is InChI=1S/C19H26N4O2/c1-14-5-6-15(11-20-14)16-12-21-23(13-16)17-7-9-22(10-8-17)18(24)25-19(2,3)4/h5-6,11-13,17H,7-10H2,1-4H3. The molecule has 1 saturated heterocycles. The average molecular weight is 342 g/mol. The van der Waals surface area contributed by atoms with Gasteiger partial charge in [-0.3, -0.25) is 9.67 Å². The molecule has 0 atom stereocenters. The third-order valence-electron chi connectivity index (χ3n) is 4.34. The maximum Gasteiger partial charge on any atom is 0.410 e. The number of amides is 1. The van der Waals surface area contributed by atoms with Crippen LogP contribution in [0.25, 0.3) is 11.1 Å². The van der Waals surface area contributed by atoms with E-state index in [1.165, 1.54) is 0 Å². The van der Waals surface area contributed by atoms with Gasteiger partial charge in [-0.15, -0.1) is 0 Å². The molecule has 0 radical (unpaired) electrons. The minimum atomic E-state index is -0.451. The summed E-state index contributed by atoms with van der Waals surface area (Å²) >= 11 is 0. The first kappa shape index (κ1) is 17.5. The van der Waals surface area contributed by atoms with Crippen molar-refractivity contribution in [3.8, 4) is 11.1 Å². The molecule has 0 bridgehead atoms. The first-order valence-corrected chi connectivity index (χ1v) is 8.77. The van der Waals surface area contributed by atoms with E-state index in [1.54, 1.807) is 4.90 Å². The maximum atomic E-state index is 12.1. The average Bonchev–Trinajstić information content (AvgIpc) is 3.04. The van der Waals surface area contributed by atoms with Gasteiger partial charge in [-0.05, 0) is 46.6 Å². The molecule has 6 heteroatoms. The minimum absolute atomic E-state index is 0.224. The van der Waals surface area contributed by atoms with E-state index in [2.05, 4.69) is 22.3 Å². The Bertz CT molecular complexity index is 723. The first-order chi connectivity index (χ1) is 11.8. The van der Waals surface area contributed by atoms with Gasteiger partial charge in [-0.2, -0.15) is 5.10 Å². The molecule has 0 saturated carbocycles. The van der Waals surface area contributed by atoms with Crippen LogP contribution in [-0.2, 0) is 4.74 Å². The summed E-state index contributed by atoms with van der Waals surface area (Å²) in [5, 5.41) is 4.52. The molecule has 0 N–H and O–H groups in total. The normalized spacial score (nSPS) is 16.1. The Hall–Kier alpha value is -2.37. The number of hydrogen-bond acceptors (Lipinski definition) is 4. The van der Waals surface area contributed by atoms with Gasteiger partial charge in [-0.25, -0.2) is 4.79 Å². The van der Waals surface area contributed by atoms with Gasteiger partial charge in [-0.1, -0.05) is 6.07 Å². The van der Waals surface area contributed by atoms with Crippen molar-refractivity contribution in [3.05, 3.63) is 36.4 Å². The third kappa shape index (κ3) is 4.38. The van der Waals surface area contributed by atoms with E-state index in [0.29, 0.717) is 19.1 Å². The molecular formula is C19H26N4O2. The van der Waals surface area contributed by atoms with Crippen molar-refractivity contribution in [1.29, 1.82) is 0 Å². The van der Waals surface area contributed by atoms with Crippen LogP contribution < -0.4 is 0 Å². The molecular weight excluding hydrogens is 316 g/mol. The number of nitrogens with zero attached hydrogens (tertiary/aromatic N) is 4. The predicted octanol–water partition coefficient (Wildman–Crippen LogP) is 3.83. The summed E-state index contributed by atoms with van der Waals surface area (Å²) < 4.78 is 7.46. The van der Waals surface area contributed by atoms with Crippen LogP contribution in [-0.4, -0.2) is 44.4 Å². The number of pyridine rings is 1. The zero-order valence-electron chi connectivity index (χ0n) is 15.4. The lowest BCUT2D eigenvalue weighted by atomic mass is 10.1. The SMILES string of the molecule is Cc1ccc(-c2cnn(C3CCN(C(=O)OC(C)(C)C)CC3)c2)cn1. The van der Waals surface area contributed by atoms with E-state index in [4.69, 9.17) is 4.74 Å². The van der Waals surface area contributed by atoms with Crippen LogP contribution in [0, 0.1) is 6.92 Å². The Morgan fingerprint density at radius 2 is 1.88 bits per heavy atom. The van der Waals surface area contributed by atoms with Crippen LogP contribution in [0.2, 0.25) is 0 Å². The highest BCUT2D eigenvalue weighted by molar-refractivity contribution is 5.68. The quantitative estimate of drug-likeness (QED) is 0.832. The molecule has 2 aromatic rings. The van der Waals surface area contributed by atoms with Crippen molar-refractivity contribution in [2.45, 2.75) is 52.2 Å². The van der Waals surface area contributed by atoms with Crippen LogP contribution >= 0.6 is 0 Å². The first-order valence-electron chi connectivity index (χ1n) is 8.77. The van der Waals surface area contributed by atoms with Crippen molar-refractivity contribution in [2.75, 3.05) is 13.1 Å². The second-order valence-electron chi connectivity index (χ2n) is 7.60. The molecule has 0 aromatic carbocycles. The summed E-state index contributed by atoms with van der Waals surface area (Å²) in [6.07, 6.45) is 7.37. The zero-order chi connectivity index (χ0) is 18.0. The molecule has 3 heterocycles. The fourth-order valence-electron chi connectivity index (χ4n) is 2.96. The van der Waals surface area contributed by atoms with Gasteiger partial charge in [0, 0.05) is 42.3 Å². The number of hydrogen-bond donors (Lipinski definition) is 0. The molecule has 6 nitrogen and oxygen atoms in total. The molecule has 25 heavy (non-hydrogen) atoms. The molecule has 1 amide bonds. The molecule has 1 aliphatic heterocycles. The van der Waals surface area contributed by atoms with Crippen LogP contribution in [0.5, 0.6) is 0 Å². The smallest absolute Gasteiger partial charge is 0.410 e. The van der Waals surface area contributed by atoms with E-state index >= 15 is 0 Å². The Morgan fingerprint density at radius 1 is 1.16 bits per heavy atom. The van der Waals surface area contributed by atoms with Crippen LogP contribution in [0.15, 0.2) is 30.7 Å². The van der Waals surface area contributed by atoms with Crippen LogP contribution in [0.4, 0.5) is 4.79 Å². The molecule has 0 unspecified atom stereocenters. The summed E-state index contributed by atoms with van der Waals surface area (Å²) in [5.74, 6) is 0. The van der Waals surface area contributed by atoms with Gasteiger partial charge >= 0.3 is 6.09 Å². The molecule has 1 fully saturated rings. The van der Waals surface area contributed by atoms with Crippen molar-refractivity contribution < 1.29 is 9.53 Å². The third-order valence-corrected chi connectivity index (χ3v) is 4.34. The lowest BCUT2D eigenvalue weighted by Gasteiger charge is -2.33. The van der Waals surface area contributed by atoms with Gasteiger partial charge in [0.15, 0.2) is 0 Å². The van der Waals surface area contributed by atoms with E-state index in [0.717, 1.165) is 29.7 Å².